The van der Waals surface area contributed by atoms with Crippen LogP contribution in [-0.2, 0) is 9.59 Å². The minimum absolute atomic E-state index is 0.00444. The molecule has 1 amide bonds. The first-order valence-corrected chi connectivity index (χ1v) is 4.14. The second-order valence-corrected chi connectivity index (χ2v) is 3.42. The van der Waals surface area contributed by atoms with E-state index in [-0.39, 0.29) is 13.1 Å². The van der Waals surface area contributed by atoms with Crippen LogP contribution in [-0.4, -0.2) is 41.5 Å². The van der Waals surface area contributed by atoms with Crippen molar-refractivity contribution in [3.8, 4) is 0 Å². The second-order valence-electron chi connectivity index (χ2n) is 3.42. The third-order valence-corrected chi connectivity index (χ3v) is 1.36. The van der Waals surface area contributed by atoms with E-state index in [1.54, 1.807) is 0 Å². The van der Waals surface area contributed by atoms with Crippen molar-refractivity contribution in [2.75, 3.05) is 19.6 Å². The van der Waals surface area contributed by atoms with Crippen molar-refractivity contribution in [3.63, 3.8) is 0 Å². The number of carboxylic acids is 1. The molecule has 0 unspecified atom stereocenters. The summed E-state index contributed by atoms with van der Waals surface area (Å²) in [6.07, 6.45) is 0. The van der Waals surface area contributed by atoms with Crippen molar-refractivity contribution >= 4 is 11.9 Å². The summed E-state index contributed by atoms with van der Waals surface area (Å²) in [6, 6.07) is 0. The molecule has 0 rings (SSSR count). The predicted molar refractivity (Wildman–Crippen MR) is 48.1 cm³/mol. The lowest BCUT2D eigenvalue weighted by Gasteiger charge is -2.20. The topological polar surface area (TPSA) is 83.6 Å². The van der Waals surface area contributed by atoms with E-state index in [4.69, 9.17) is 10.8 Å². The van der Waals surface area contributed by atoms with Crippen LogP contribution in [0.5, 0.6) is 0 Å². The van der Waals surface area contributed by atoms with Crippen LogP contribution in [0.2, 0.25) is 0 Å². The first-order chi connectivity index (χ1) is 5.91. The number of amides is 1. The Morgan fingerprint density at radius 1 is 1.38 bits per heavy atom. The Morgan fingerprint density at radius 2 is 1.92 bits per heavy atom. The minimum Gasteiger partial charge on any atom is -0.480 e. The fourth-order valence-electron chi connectivity index (χ4n) is 1.11. The summed E-state index contributed by atoms with van der Waals surface area (Å²) in [6.45, 7) is 4.34. The zero-order valence-electron chi connectivity index (χ0n) is 7.99. The molecule has 3 N–H and O–H groups in total. The molecule has 13 heavy (non-hydrogen) atoms. The highest BCUT2D eigenvalue weighted by Crippen LogP contribution is 1.97. The Hall–Kier alpha value is -1.10. The molecule has 0 radical (unpaired) electrons. The van der Waals surface area contributed by atoms with E-state index in [1.165, 1.54) is 4.90 Å². The maximum Gasteiger partial charge on any atom is 0.317 e. The monoisotopic (exact) mass is 188 g/mol. The van der Waals surface area contributed by atoms with Crippen molar-refractivity contribution in [2.24, 2.45) is 11.7 Å². The van der Waals surface area contributed by atoms with Gasteiger partial charge in [0.05, 0.1) is 13.1 Å². The van der Waals surface area contributed by atoms with Gasteiger partial charge in [-0.25, -0.2) is 0 Å². The number of primary amides is 1. The Morgan fingerprint density at radius 3 is 2.23 bits per heavy atom. The van der Waals surface area contributed by atoms with Crippen LogP contribution in [0.1, 0.15) is 13.8 Å². The molecule has 0 aliphatic rings. The highest BCUT2D eigenvalue weighted by atomic mass is 16.4. The van der Waals surface area contributed by atoms with Crippen LogP contribution in [0.3, 0.4) is 0 Å². The number of hydrogen-bond donors (Lipinski definition) is 2. The number of nitrogens with two attached hydrogens (primary N) is 1. The summed E-state index contributed by atoms with van der Waals surface area (Å²) in [5.41, 5.74) is 4.97. The summed E-state index contributed by atoms with van der Waals surface area (Å²) in [5.74, 6) is -1.12. The van der Waals surface area contributed by atoms with Crippen molar-refractivity contribution in [3.05, 3.63) is 0 Å². The fraction of sp³-hybridized carbons (Fsp3) is 0.750. The SMILES string of the molecule is CC(C)CN(CC(N)=O)CC(=O)O. The molecule has 0 saturated carbocycles. The average molecular weight is 188 g/mol. The van der Waals surface area contributed by atoms with Gasteiger partial charge in [0.15, 0.2) is 0 Å². The molecular weight excluding hydrogens is 172 g/mol. The van der Waals surface area contributed by atoms with E-state index in [9.17, 15) is 9.59 Å². The number of rotatable bonds is 6. The molecule has 5 heteroatoms. The standard InChI is InChI=1S/C8H16N2O3/c1-6(2)3-10(4-7(9)11)5-8(12)13/h6H,3-5H2,1-2H3,(H2,9,11)(H,12,13). The number of nitrogens with zero attached hydrogens (tertiary/aromatic N) is 1. The minimum atomic E-state index is -0.943. The van der Waals surface area contributed by atoms with E-state index in [0.717, 1.165) is 0 Å². The number of aliphatic carboxylic acids is 1. The Bertz CT molecular complexity index is 176. The van der Waals surface area contributed by atoms with Gasteiger partial charge in [-0.3, -0.25) is 14.5 Å². The van der Waals surface area contributed by atoms with Gasteiger partial charge < -0.3 is 10.8 Å². The van der Waals surface area contributed by atoms with Crippen LogP contribution in [0, 0.1) is 5.92 Å². The zero-order chi connectivity index (χ0) is 10.4. The molecule has 0 aromatic heterocycles. The number of carbonyl (C=O) groups is 2. The van der Waals surface area contributed by atoms with Crippen LogP contribution in [0.25, 0.3) is 0 Å². The van der Waals surface area contributed by atoms with E-state index in [2.05, 4.69) is 0 Å². The third kappa shape index (κ3) is 7.27. The van der Waals surface area contributed by atoms with Crippen LogP contribution >= 0.6 is 0 Å². The lowest BCUT2D eigenvalue weighted by Crippen LogP contribution is -2.39. The molecular formula is C8H16N2O3. The zero-order valence-corrected chi connectivity index (χ0v) is 7.99. The first-order valence-electron chi connectivity index (χ1n) is 4.14. The summed E-state index contributed by atoms with van der Waals surface area (Å²) in [5, 5.41) is 8.52. The summed E-state index contributed by atoms with van der Waals surface area (Å²) >= 11 is 0. The molecule has 0 heterocycles. The molecule has 0 spiro atoms. The van der Waals surface area contributed by atoms with Gasteiger partial charge in [0.1, 0.15) is 0 Å². The van der Waals surface area contributed by atoms with Crippen molar-refractivity contribution < 1.29 is 14.7 Å². The average Bonchev–Trinajstić information content (AvgIpc) is 1.80. The van der Waals surface area contributed by atoms with Gasteiger partial charge in [0, 0.05) is 6.54 Å². The molecule has 0 aromatic carbocycles. The second kappa shape index (κ2) is 5.53. The lowest BCUT2D eigenvalue weighted by atomic mass is 10.2. The van der Waals surface area contributed by atoms with Gasteiger partial charge in [-0.2, -0.15) is 0 Å². The van der Waals surface area contributed by atoms with Gasteiger partial charge in [0.2, 0.25) is 5.91 Å². The predicted octanol–water partition coefficient (Wildman–Crippen LogP) is -0.486. The van der Waals surface area contributed by atoms with Crippen LogP contribution in [0.4, 0.5) is 0 Å². The molecule has 0 aliphatic carbocycles. The largest absolute Gasteiger partial charge is 0.480 e. The van der Waals surface area contributed by atoms with Gasteiger partial charge in [0.25, 0.3) is 0 Å². The molecule has 5 nitrogen and oxygen atoms in total. The smallest absolute Gasteiger partial charge is 0.317 e. The Labute approximate surface area is 77.5 Å². The maximum atomic E-state index is 10.6. The Kier molecular flexibility index (Phi) is 5.06. The molecule has 0 saturated heterocycles. The van der Waals surface area contributed by atoms with Crippen molar-refractivity contribution in [1.82, 2.24) is 4.90 Å². The lowest BCUT2D eigenvalue weighted by molar-refractivity contribution is -0.138. The highest BCUT2D eigenvalue weighted by molar-refractivity contribution is 5.77. The quantitative estimate of drug-likeness (QED) is 0.589. The molecule has 0 fully saturated rings. The van der Waals surface area contributed by atoms with Gasteiger partial charge in [-0.05, 0) is 5.92 Å². The molecule has 0 bridgehead atoms. The highest BCUT2D eigenvalue weighted by Gasteiger charge is 2.12. The van der Waals surface area contributed by atoms with E-state index in [1.807, 2.05) is 13.8 Å². The third-order valence-electron chi connectivity index (χ3n) is 1.36. The molecule has 0 aromatic rings. The Balaban J connectivity index is 4.02. The number of carbonyl (C=O) groups excluding carboxylic acids is 1. The normalized spacial score (nSPS) is 10.8. The summed E-state index contributed by atoms with van der Waals surface area (Å²) < 4.78 is 0. The maximum absolute atomic E-state index is 10.6. The van der Waals surface area contributed by atoms with Crippen LogP contribution < -0.4 is 5.73 Å². The molecule has 0 aliphatic heterocycles. The van der Waals surface area contributed by atoms with E-state index < -0.39 is 11.9 Å². The fourth-order valence-corrected chi connectivity index (χ4v) is 1.11. The molecule has 0 atom stereocenters. The number of hydrogen-bond acceptors (Lipinski definition) is 3. The van der Waals surface area contributed by atoms with Crippen molar-refractivity contribution in [2.45, 2.75) is 13.8 Å². The van der Waals surface area contributed by atoms with E-state index >= 15 is 0 Å². The summed E-state index contributed by atoms with van der Waals surface area (Å²) in [7, 11) is 0. The van der Waals surface area contributed by atoms with Gasteiger partial charge in [-0.15, -0.1) is 0 Å². The van der Waals surface area contributed by atoms with Gasteiger partial charge >= 0.3 is 5.97 Å². The molecule has 76 valence electrons. The first kappa shape index (κ1) is 11.9. The number of carboxylic acid groups (broad SMARTS) is 1. The van der Waals surface area contributed by atoms with E-state index in [0.29, 0.717) is 12.5 Å². The summed E-state index contributed by atoms with van der Waals surface area (Å²) in [4.78, 5) is 22.5. The van der Waals surface area contributed by atoms with Crippen LogP contribution in [0.15, 0.2) is 0 Å². The van der Waals surface area contributed by atoms with Crippen molar-refractivity contribution in [1.29, 1.82) is 0 Å². The van der Waals surface area contributed by atoms with Gasteiger partial charge in [-0.1, -0.05) is 13.8 Å².